The molecule has 3 aromatic carbocycles. The molecule has 0 aromatic heterocycles. The van der Waals surface area contributed by atoms with Crippen LogP contribution < -0.4 is 4.74 Å². The highest BCUT2D eigenvalue weighted by atomic mass is 32.2. The Morgan fingerprint density at radius 1 is 0.929 bits per heavy atom. The van der Waals surface area contributed by atoms with E-state index in [1.165, 1.54) is 28.4 Å². The zero-order chi connectivity index (χ0) is 20.1. The van der Waals surface area contributed by atoms with Gasteiger partial charge in [-0.2, -0.15) is 18.4 Å². The monoisotopic (exact) mass is 400 g/mol. The number of halogens is 3. The number of nitriles is 1. The van der Waals surface area contributed by atoms with E-state index < -0.39 is 11.7 Å². The summed E-state index contributed by atoms with van der Waals surface area (Å²) >= 11 is 1.31. The normalized spacial score (nSPS) is 11.0. The molecule has 0 amide bonds. The van der Waals surface area contributed by atoms with Gasteiger partial charge in [-0.15, -0.1) is 0 Å². The molecule has 0 aliphatic rings. The van der Waals surface area contributed by atoms with Gasteiger partial charge in [0, 0.05) is 17.5 Å². The molecule has 0 radical (unpaired) electrons. The minimum absolute atomic E-state index is 0.322. The van der Waals surface area contributed by atoms with Crippen LogP contribution in [0.15, 0.2) is 77.7 Å². The Hall–Kier alpha value is -3.11. The molecular weight excluding hydrogens is 385 g/mol. The van der Waals surface area contributed by atoms with Gasteiger partial charge >= 0.3 is 6.18 Å². The van der Waals surface area contributed by atoms with E-state index in [0.717, 1.165) is 28.2 Å². The Morgan fingerprint density at radius 2 is 1.57 bits per heavy atom. The molecule has 0 aliphatic carbocycles. The lowest BCUT2D eigenvalue weighted by molar-refractivity contribution is -0.137. The predicted octanol–water partition coefficient (Wildman–Crippen LogP) is 6.58. The average molecular weight is 400 g/mol. The summed E-state index contributed by atoms with van der Waals surface area (Å²) in [7, 11) is 1.67. The van der Waals surface area contributed by atoms with Gasteiger partial charge in [-0.05, 0) is 60.0 Å². The molecule has 28 heavy (non-hydrogen) atoms. The number of nitrogens with zero attached hydrogens (tertiary/aromatic N) is 2. The Labute approximate surface area is 165 Å². The number of ether oxygens (including phenoxy) is 1. The van der Waals surface area contributed by atoms with Gasteiger partial charge in [-0.1, -0.05) is 30.3 Å². The van der Waals surface area contributed by atoms with Crippen LogP contribution in [0.5, 0.6) is 11.5 Å². The fourth-order valence-electron chi connectivity index (χ4n) is 2.51. The van der Waals surface area contributed by atoms with Crippen LogP contribution in [0.1, 0.15) is 5.56 Å². The maximum absolute atomic E-state index is 12.7. The molecule has 0 heterocycles. The van der Waals surface area contributed by atoms with Crippen molar-refractivity contribution in [2.45, 2.75) is 11.1 Å². The van der Waals surface area contributed by atoms with Crippen LogP contribution >= 0.6 is 11.9 Å². The van der Waals surface area contributed by atoms with Crippen molar-refractivity contribution in [1.29, 1.82) is 5.26 Å². The second kappa shape index (κ2) is 8.28. The van der Waals surface area contributed by atoms with Crippen LogP contribution in [0, 0.1) is 11.5 Å². The van der Waals surface area contributed by atoms with Gasteiger partial charge in [-0.25, -0.2) is 0 Å². The Kier molecular flexibility index (Phi) is 5.81. The topological polar surface area (TPSA) is 36.3 Å². The van der Waals surface area contributed by atoms with Gasteiger partial charge in [0.05, 0.1) is 5.56 Å². The van der Waals surface area contributed by atoms with Gasteiger partial charge in [0.25, 0.3) is 0 Å². The van der Waals surface area contributed by atoms with Crippen LogP contribution in [0.4, 0.5) is 13.2 Å². The van der Waals surface area contributed by atoms with Gasteiger partial charge in [0.2, 0.25) is 0 Å². The second-order valence-electron chi connectivity index (χ2n) is 5.83. The van der Waals surface area contributed by atoms with Gasteiger partial charge in [0.15, 0.2) is 6.19 Å². The minimum Gasteiger partial charge on any atom is -0.457 e. The summed E-state index contributed by atoms with van der Waals surface area (Å²) in [5.41, 5.74) is 0.989. The molecule has 0 unspecified atom stereocenters. The highest BCUT2D eigenvalue weighted by Gasteiger charge is 2.30. The first-order valence-corrected chi connectivity index (χ1v) is 9.00. The summed E-state index contributed by atoms with van der Waals surface area (Å²) in [4.78, 5) is 0.911. The Bertz CT molecular complexity index is 980. The first kappa shape index (κ1) is 19.6. The first-order chi connectivity index (χ1) is 13.4. The van der Waals surface area contributed by atoms with Gasteiger partial charge < -0.3 is 4.74 Å². The molecule has 0 saturated carbocycles. The highest BCUT2D eigenvalue weighted by molar-refractivity contribution is 7.97. The molecule has 0 N–H and O–H groups in total. The zero-order valence-electron chi connectivity index (χ0n) is 14.8. The van der Waals surface area contributed by atoms with Crippen LogP contribution in [-0.4, -0.2) is 11.4 Å². The second-order valence-corrected chi connectivity index (χ2v) is 7.04. The Balaban J connectivity index is 1.83. The maximum atomic E-state index is 12.7. The molecule has 0 bridgehead atoms. The molecule has 0 fully saturated rings. The quantitative estimate of drug-likeness (QED) is 0.275. The number of rotatable bonds is 5. The summed E-state index contributed by atoms with van der Waals surface area (Å²) in [5, 5.41) is 8.84. The fraction of sp³-hybridized carbons (Fsp3) is 0.0952. The third-order valence-corrected chi connectivity index (χ3v) is 4.68. The van der Waals surface area contributed by atoms with Gasteiger partial charge in [-0.3, -0.25) is 4.31 Å². The number of benzene rings is 3. The van der Waals surface area contributed by atoms with Crippen molar-refractivity contribution in [3.05, 3.63) is 78.4 Å². The van der Waals surface area contributed by atoms with Gasteiger partial charge in [0.1, 0.15) is 11.5 Å². The largest absolute Gasteiger partial charge is 0.457 e. The summed E-state index contributed by atoms with van der Waals surface area (Å²) in [5.74, 6) is 0.861. The van der Waals surface area contributed by atoms with E-state index in [4.69, 9.17) is 10.00 Å². The van der Waals surface area contributed by atoms with Crippen molar-refractivity contribution in [3.63, 3.8) is 0 Å². The standard InChI is InChI=1S/C21H15F3N2OS/c1-26(14-25)28-18-12-6-15(7-13-18)19-4-2-3-5-20(19)27-17-10-8-16(9-11-17)21(22,23)24/h2-13H,1H3. The van der Waals surface area contributed by atoms with Crippen molar-refractivity contribution in [2.75, 3.05) is 7.05 Å². The Morgan fingerprint density at radius 3 is 2.18 bits per heavy atom. The number of para-hydroxylation sites is 1. The van der Waals surface area contributed by atoms with Crippen molar-refractivity contribution >= 4 is 11.9 Å². The number of hydrogen-bond donors (Lipinski definition) is 0. The summed E-state index contributed by atoms with van der Waals surface area (Å²) in [6, 6.07) is 19.5. The number of alkyl halides is 3. The smallest absolute Gasteiger partial charge is 0.416 e. The molecule has 0 saturated heterocycles. The van der Waals surface area contributed by atoms with Crippen LogP contribution in [-0.2, 0) is 6.18 Å². The van der Waals surface area contributed by atoms with Crippen LogP contribution in [0.2, 0.25) is 0 Å². The van der Waals surface area contributed by atoms with E-state index in [-0.39, 0.29) is 0 Å². The summed E-state index contributed by atoms with van der Waals surface area (Å²) in [6.07, 6.45) is -2.36. The first-order valence-electron chi connectivity index (χ1n) is 8.23. The molecule has 3 nitrogen and oxygen atoms in total. The molecule has 3 rings (SSSR count). The zero-order valence-corrected chi connectivity index (χ0v) is 15.6. The van der Waals surface area contributed by atoms with E-state index in [1.54, 1.807) is 19.2 Å². The van der Waals surface area contributed by atoms with E-state index in [9.17, 15) is 13.2 Å². The average Bonchev–Trinajstić information content (AvgIpc) is 2.69. The van der Waals surface area contributed by atoms with Crippen LogP contribution in [0.25, 0.3) is 11.1 Å². The fourth-order valence-corrected chi connectivity index (χ4v) is 3.12. The van der Waals surface area contributed by atoms with Crippen LogP contribution in [0.3, 0.4) is 0 Å². The summed E-state index contributed by atoms with van der Waals surface area (Å²) in [6.45, 7) is 0. The molecular formula is C21H15F3N2OS. The molecule has 3 aromatic rings. The lowest BCUT2D eigenvalue weighted by atomic mass is 10.0. The van der Waals surface area contributed by atoms with E-state index >= 15 is 0 Å². The molecule has 0 atom stereocenters. The molecule has 142 valence electrons. The van der Waals surface area contributed by atoms with Crippen molar-refractivity contribution in [3.8, 4) is 28.8 Å². The number of hydrogen-bond acceptors (Lipinski definition) is 4. The molecule has 0 spiro atoms. The SMILES string of the molecule is CN(C#N)Sc1ccc(-c2ccccc2Oc2ccc(C(F)(F)F)cc2)cc1. The van der Waals surface area contributed by atoms with E-state index in [2.05, 4.69) is 0 Å². The maximum Gasteiger partial charge on any atom is 0.416 e. The van der Waals surface area contributed by atoms with Crippen molar-refractivity contribution < 1.29 is 17.9 Å². The third kappa shape index (κ3) is 4.78. The minimum atomic E-state index is -4.38. The van der Waals surface area contributed by atoms with E-state index in [1.807, 2.05) is 42.6 Å². The molecule has 7 heteroatoms. The predicted molar refractivity (Wildman–Crippen MR) is 103 cm³/mol. The highest BCUT2D eigenvalue weighted by Crippen LogP contribution is 2.36. The lowest BCUT2D eigenvalue weighted by Crippen LogP contribution is -2.04. The van der Waals surface area contributed by atoms with E-state index in [0.29, 0.717) is 11.5 Å². The summed E-state index contributed by atoms with van der Waals surface area (Å²) < 4.78 is 45.4. The lowest BCUT2D eigenvalue weighted by Gasteiger charge is -2.13. The van der Waals surface area contributed by atoms with Crippen molar-refractivity contribution in [1.82, 2.24) is 4.31 Å². The third-order valence-electron chi connectivity index (χ3n) is 3.84. The molecule has 0 aliphatic heterocycles. The van der Waals surface area contributed by atoms with Crippen molar-refractivity contribution in [2.24, 2.45) is 0 Å².